The molecule has 4 aromatic rings. The van der Waals surface area contributed by atoms with Crippen molar-refractivity contribution in [3.63, 3.8) is 0 Å². The van der Waals surface area contributed by atoms with Crippen molar-refractivity contribution in [1.82, 2.24) is 25.1 Å². The second-order valence-corrected chi connectivity index (χ2v) is 6.95. The molecule has 0 unspecified atom stereocenters. The van der Waals surface area contributed by atoms with Gasteiger partial charge in [-0.05, 0) is 36.4 Å². The van der Waals surface area contributed by atoms with Gasteiger partial charge in [-0.1, -0.05) is 18.2 Å². The van der Waals surface area contributed by atoms with Crippen LogP contribution in [-0.4, -0.2) is 51.5 Å². The molecule has 5 rings (SSSR count). The summed E-state index contributed by atoms with van der Waals surface area (Å²) in [5.41, 5.74) is 4.91. The highest BCUT2D eigenvalue weighted by atomic mass is 16.5. The fourth-order valence-corrected chi connectivity index (χ4v) is 3.46. The smallest absolute Gasteiger partial charge is 0.227 e. The minimum absolute atomic E-state index is 0.552. The second kappa shape index (κ2) is 8.30. The first kappa shape index (κ1) is 18.3. The largest absolute Gasteiger partial charge is 0.378 e. The molecule has 8 nitrogen and oxygen atoms in total. The van der Waals surface area contributed by atoms with Crippen LogP contribution in [0.2, 0.25) is 0 Å². The van der Waals surface area contributed by atoms with Gasteiger partial charge in [-0.15, -0.1) is 0 Å². The van der Waals surface area contributed by atoms with Gasteiger partial charge in [-0.3, -0.25) is 5.10 Å². The summed E-state index contributed by atoms with van der Waals surface area (Å²) in [5, 5.41) is 10.1. The van der Waals surface area contributed by atoms with Gasteiger partial charge in [0, 0.05) is 41.8 Å². The SMILES string of the molecule is c1cc(-c2ccnc(Nc3ccc(N4CCOCC4)cc3)n2)cc(-c2ncn[nH]2)c1. The number of nitrogens with one attached hydrogen (secondary N) is 2. The molecule has 0 spiro atoms. The summed E-state index contributed by atoms with van der Waals surface area (Å²) in [4.78, 5) is 15.6. The minimum Gasteiger partial charge on any atom is -0.378 e. The molecule has 1 fully saturated rings. The summed E-state index contributed by atoms with van der Waals surface area (Å²) >= 11 is 0. The van der Waals surface area contributed by atoms with Crippen LogP contribution in [0.5, 0.6) is 0 Å². The standard InChI is InChI=1S/C22H21N7O/c1-2-16(14-17(3-1)21-24-15-25-28-21)20-8-9-23-22(27-20)26-18-4-6-19(7-5-18)29-10-12-30-13-11-29/h1-9,14-15H,10-13H2,(H,23,26,27)(H,24,25,28). The van der Waals surface area contributed by atoms with E-state index in [1.807, 2.05) is 42.5 Å². The molecule has 1 saturated heterocycles. The summed E-state index contributed by atoms with van der Waals surface area (Å²) in [6.45, 7) is 3.40. The normalized spacial score (nSPS) is 13.9. The molecule has 0 aliphatic carbocycles. The number of benzene rings is 2. The fourth-order valence-electron chi connectivity index (χ4n) is 3.46. The van der Waals surface area contributed by atoms with Gasteiger partial charge >= 0.3 is 0 Å². The molecule has 2 aromatic carbocycles. The first-order chi connectivity index (χ1) is 14.8. The monoisotopic (exact) mass is 399 g/mol. The van der Waals surface area contributed by atoms with Gasteiger partial charge < -0.3 is 15.0 Å². The molecule has 30 heavy (non-hydrogen) atoms. The van der Waals surface area contributed by atoms with Crippen molar-refractivity contribution in [2.24, 2.45) is 0 Å². The van der Waals surface area contributed by atoms with Crippen LogP contribution in [0.1, 0.15) is 0 Å². The summed E-state index contributed by atoms with van der Waals surface area (Å²) in [5.74, 6) is 1.28. The molecule has 0 atom stereocenters. The predicted molar refractivity (Wildman–Crippen MR) is 116 cm³/mol. The van der Waals surface area contributed by atoms with E-state index in [2.05, 4.69) is 47.5 Å². The summed E-state index contributed by atoms with van der Waals surface area (Å²) in [6.07, 6.45) is 3.26. The van der Waals surface area contributed by atoms with Gasteiger partial charge in [-0.2, -0.15) is 5.10 Å². The van der Waals surface area contributed by atoms with Gasteiger partial charge in [0.15, 0.2) is 5.82 Å². The Morgan fingerprint density at radius 2 is 1.77 bits per heavy atom. The molecule has 150 valence electrons. The third-order valence-electron chi connectivity index (χ3n) is 5.00. The quantitative estimate of drug-likeness (QED) is 0.531. The Labute approximate surface area is 174 Å². The lowest BCUT2D eigenvalue weighted by Crippen LogP contribution is -2.36. The Balaban J connectivity index is 1.33. The number of ether oxygens (including phenoxy) is 1. The molecule has 2 aromatic heterocycles. The molecule has 0 radical (unpaired) electrons. The van der Waals surface area contributed by atoms with Crippen LogP contribution in [0.3, 0.4) is 0 Å². The van der Waals surface area contributed by atoms with E-state index in [-0.39, 0.29) is 0 Å². The number of aromatic amines is 1. The van der Waals surface area contributed by atoms with E-state index in [9.17, 15) is 0 Å². The number of anilines is 3. The summed E-state index contributed by atoms with van der Waals surface area (Å²) < 4.78 is 5.42. The van der Waals surface area contributed by atoms with Crippen LogP contribution in [0, 0.1) is 0 Å². The number of H-pyrrole nitrogens is 1. The van der Waals surface area contributed by atoms with E-state index in [0.717, 1.165) is 54.6 Å². The lowest BCUT2D eigenvalue weighted by molar-refractivity contribution is 0.122. The van der Waals surface area contributed by atoms with Gasteiger partial charge in [0.2, 0.25) is 5.95 Å². The van der Waals surface area contributed by atoms with Crippen LogP contribution >= 0.6 is 0 Å². The molecule has 2 N–H and O–H groups in total. The van der Waals surface area contributed by atoms with Crippen LogP contribution in [0.4, 0.5) is 17.3 Å². The van der Waals surface area contributed by atoms with Crippen LogP contribution in [-0.2, 0) is 4.74 Å². The Kier molecular flexibility index (Phi) is 5.05. The molecular weight excluding hydrogens is 378 g/mol. The van der Waals surface area contributed by atoms with Crippen LogP contribution in [0.15, 0.2) is 67.1 Å². The first-order valence-electron chi connectivity index (χ1n) is 9.84. The highest BCUT2D eigenvalue weighted by Crippen LogP contribution is 2.25. The van der Waals surface area contributed by atoms with Gasteiger partial charge in [0.1, 0.15) is 6.33 Å². The lowest BCUT2D eigenvalue weighted by Gasteiger charge is -2.28. The number of nitrogens with zero attached hydrogens (tertiary/aromatic N) is 5. The maximum Gasteiger partial charge on any atom is 0.227 e. The van der Waals surface area contributed by atoms with E-state index < -0.39 is 0 Å². The van der Waals surface area contributed by atoms with Crippen molar-refractivity contribution in [2.75, 3.05) is 36.5 Å². The number of hydrogen-bond acceptors (Lipinski definition) is 7. The van der Waals surface area contributed by atoms with Gasteiger partial charge in [-0.25, -0.2) is 15.0 Å². The Hall–Kier alpha value is -3.78. The van der Waals surface area contributed by atoms with Crippen LogP contribution in [0.25, 0.3) is 22.6 Å². The Morgan fingerprint density at radius 3 is 2.57 bits per heavy atom. The highest BCUT2D eigenvalue weighted by molar-refractivity contribution is 5.69. The molecule has 0 amide bonds. The predicted octanol–water partition coefficient (Wildman–Crippen LogP) is 3.51. The third kappa shape index (κ3) is 3.99. The van der Waals surface area contributed by atoms with Crippen molar-refractivity contribution in [2.45, 2.75) is 0 Å². The number of aromatic nitrogens is 5. The number of hydrogen-bond donors (Lipinski definition) is 2. The number of rotatable bonds is 5. The zero-order chi connectivity index (χ0) is 20.2. The lowest BCUT2D eigenvalue weighted by atomic mass is 10.1. The van der Waals surface area contributed by atoms with E-state index in [1.165, 1.54) is 12.0 Å². The number of morpholine rings is 1. The van der Waals surface area contributed by atoms with E-state index >= 15 is 0 Å². The molecule has 8 heteroatoms. The Morgan fingerprint density at radius 1 is 0.933 bits per heavy atom. The average molecular weight is 399 g/mol. The van der Waals surface area contributed by atoms with Crippen molar-refractivity contribution >= 4 is 17.3 Å². The van der Waals surface area contributed by atoms with E-state index in [1.54, 1.807) is 6.20 Å². The molecule has 1 aliphatic heterocycles. The van der Waals surface area contributed by atoms with Crippen molar-refractivity contribution in [1.29, 1.82) is 0 Å². The maximum atomic E-state index is 5.42. The van der Waals surface area contributed by atoms with Crippen molar-refractivity contribution in [3.8, 4) is 22.6 Å². The molecule has 1 aliphatic rings. The van der Waals surface area contributed by atoms with Crippen molar-refractivity contribution in [3.05, 3.63) is 67.1 Å². The second-order valence-electron chi connectivity index (χ2n) is 6.95. The molecule has 3 heterocycles. The topological polar surface area (TPSA) is 91.8 Å². The van der Waals surface area contributed by atoms with Crippen LogP contribution < -0.4 is 10.2 Å². The highest BCUT2D eigenvalue weighted by Gasteiger charge is 2.11. The Bertz CT molecular complexity index is 1110. The fraction of sp³-hybridized carbons (Fsp3) is 0.182. The minimum atomic E-state index is 0.552. The average Bonchev–Trinajstić information content (AvgIpc) is 3.36. The van der Waals surface area contributed by atoms with Gasteiger partial charge in [0.05, 0.1) is 18.9 Å². The third-order valence-corrected chi connectivity index (χ3v) is 5.00. The zero-order valence-electron chi connectivity index (χ0n) is 16.3. The first-order valence-corrected chi connectivity index (χ1v) is 9.84. The van der Waals surface area contributed by atoms with E-state index in [4.69, 9.17) is 4.74 Å². The molecule has 0 bridgehead atoms. The van der Waals surface area contributed by atoms with Crippen molar-refractivity contribution < 1.29 is 4.74 Å². The molecular formula is C22H21N7O. The zero-order valence-corrected chi connectivity index (χ0v) is 16.3. The summed E-state index contributed by atoms with van der Waals surface area (Å²) in [7, 11) is 0. The molecule has 0 saturated carbocycles. The van der Waals surface area contributed by atoms with Gasteiger partial charge in [0.25, 0.3) is 0 Å². The maximum absolute atomic E-state index is 5.42. The summed E-state index contributed by atoms with van der Waals surface area (Å²) in [6, 6.07) is 18.2. The van der Waals surface area contributed by atoms with E-state index in [0.29, 0.717) is 5.95 Å².